The zero-order valence-electron chi connectivity index (χ0n) is 15.3. The summed E-state index contributed by atoms with van der Waals surface area (Å²) in [5.74, 6) is -0.625. The predicted molar refractivity (Wildman–Crippen MR) is 118 cm³/mol. The molecule has 0 aromatic heterocycles. The highest BCUT2D eigenvalue weighted by molar-refractivity contribution is 6.37. The van der Waals surface area contributed by atoms with E-state index >= 15 is 0 Å². The smallest absolute Gasteiger partial charge is 0.335 e. The van der Waals surface area contributed by atoms with E-state index in [0.29, 0.717) is 20.8 Å². The van der Waals surface area contributed by atoms with Gasteiger partial charge in [-0.15, -0.1) is 0 Å². The molecule has 0 unspecified atom stereocenters. The van der Waals surface area contributed by atoms with Crippen LogP contribution in [0.15, 0.2) is 59.6 Å². The first-order chi connectivity index (χ1) is 13.8. The molecule has 0 saturated heterocycles. The summed E-state index contributed by atoms with van der Waals surface area (Å²) < 4.78 is 5.73. The summed E-state index contributed by atoms with van der Waals surface area (Å²) in [4.78, 5) is 15.4. The van der Waals surface area contributed by atoms with Crippen LogP contribution in [0.5, 0.6) is 5.75 Å². The molecule has 0 atom stereocenters. The zero-order chi connectivity index (χ0) is 21.0. The number of rotatable bonds is 6. The number of carbonyl (C=O) groups is 1. The quantitative estimate of drug-likeness (QED) is 0.414. The third kappa shape index (κ3) is 5.51. The van der Waals surface area contributed by atoms with Crippen LogP contribution in [0.2, 0.25) is 15.1 Å². The highest BCUT2D eigenvalue weighted by Gasteiger charge is 2.10. The fourth-order valence-electron chi connectivity index (χ4n) is 2.56. The van der Waals surface area contributed by atoms with Gasteiger partial charge in [0.2, 0.25) is 0 Å². The largest absolute Gasteiger partial charge is 0.486 e. The second-order valence-corrected chi connectivity index (χ2v) is 7.54. The summed E-state index contributed by atoms with van der Waals surface area (Å²) in [6, 6.07) is 15.3. The van der Waals surface area contributed by atoms with Gasteiger partial charge in [0, 0.05) is 11.2 Å². The van der Waals surface area contributed by atoms with Crippen LogP contribution in [-0.4, -0.2) is 17.3 Å². The Hall–Kier alpha value is -2.53. The van der Waals surface area contributed by atoms with Gasteiger partial charge in [-0.25, -0.2) is 4.79 Å². The summed E-state index contributed by atoms with van der Waals surface area (Å²) in [6.07, 6.45) is 1.66. The van der Waals surface area contributed by atoms with Gasteiger partial charge in [0.25, 0.3) is 0 Å². The van der Waals surface area contributed by atoms with Crippen LogP contribution in [0.1, 0.15) is 27.0 Å². The Morgan fingerprint density at radius 3 is 2.31 bits per heavy atom. The molecule has 0 radical (unpaired) electrons. The van der Waals surface area contributed by atoms with E-state index in [0.717, 1.165) is 22.4 Å². The third-order valence-corrected chi connectivity index (χ3v) is 4.93. The van der Waals surface area contributed by atoms with Crippen molar-refractivity contribution in [1.29, 1.82) is 0 Å². The van der Waals surface area contributed by atoms with Crippen molar-refractivity contribution in [2.75, 3.05) is 0 Å². The van der Waals surface area contributed by atoms with Crippen molar-refractivity contribution in [3.05, 3.63) is 91.9 Å². The number of benzene rings is 3. The van der Waals surface area contributed by atoms with E-state index < -0.39 is 5.97 Å². The van der Waals surface area contributed by atoms with Crippen LogP contribution < -0.4 is 4.74 Å². The minimum atomic E-state index is -0.978. The van der Waals surface area contributed by atoms with Crippen LogP contribution in [0.25, 0.3) is 0 Å². The van der Waals surface area contributed by atoms with Crippen LogP contribution in [0.4, 0.5) is 5.69 Å². The third-order valence-electron chi connectivity index (χ3n) is 4.13. The molecule has 0 heterocycles. The second-order valence-electron chi connectivity index (χ2n) is 6.29. The van der Waals surface area contributed by atoms with E-state index in [1.165, 1.54) is 12.1 Å². The lowest BCUT2D eigenvalue weighted by Crippen LogP contribution is -2.00. The number of hydrogen-bond acceptors (Lipinski definition) is 3. The van der Waals surface area contributed by atoms with Crippen molar-refractivity contribution in [3.8, 4) is 5.75 Å². The molecule has 3 rings (SSSR count). The molecule has 3 aromatic rings. The molecule has 7 heteroatoms. The van der Waals surface area contributed by atoms with Crippen LogP contribution in [0.3, 0.4) is 0 Å². The maximum absolute atomic E-state index is 10.9. The van der Waals surface area contributed by atoms with Gasteiger partial charge < -0.3 is 9.84 Å². The Bertz CT molecular complexity index is 1060. The van der Waals surface area contributed by atoms with Gasteiger partial charge in [0.15, 0.2) is 5.75 Å². The first kappa shape index (κ1) is 21.2. The first-order valence-electron chi connectivity index (χ1n) is 8.58. The molecule has 3 aromatic carbocycles. The van der Waals surface area contributed by atoms with Gasteiger partial charge in [0.1, 0.15) is 6.61 Å². The van der Waals surface area contributed by atoms with Gasteiger partial charge in [-0.05, 0) is 60.0 Å². The van der Waals surface area contributed by atoms with Gasteiger partial charge in [0.05, 0.1) is 21.3 Å². The predicted octanol–water partition coefficient (Wildman–Crippen LogP) is 6.98. The van der Waals surface area contributed by atoms with Gasteiger partial charge in [-0.1, -0.05) is 53.0 Å². The standard InChI is InChI=1S/C22H16Cl3NO3/c1-13-2-7-17(23)10-20(13)26-11-15-8-18(24)21(19(25)9-15)29-12-14-3-5-16(6-4-14)22(27)28/h2-11H,12H2,1H3,(H,27,28). The normalized spacial score (nSPS) is 11.0. The van der Waals surface area contributed by atoms with E-state index in [-0.39, 0.29) is 12.2 Å². The maximum atomic E-state index is 10.9. The molecule has 29 heavy (non-hydrogen) atoms. The summed E-state index contributed by atoms with van der Waals surface area (Å²) >= 11 is 18.7. The molecule has 0 aliphatic heterocycles. The number of carboxylic acids is 1. The van der Waals surface area contributed by atoms with Crippen molar-refractivity contribution in [3.63, 3.8) is 0 Å². The molecule has 0 spiro atoms. The van der Waals surface area contributed by atoms with E-state index in [2.05, 4.69) is 4.99 Å². The van der Waals surface area contributed by atoms with Crippen molar-refractivity contribution in [1.82, 2.24) is 0 Å². The van der Waals surface area contributed by atoms with E-state index in [1.807, 2.05) is 19.1 Å². The van der Waals surface area contributed by atoms with Crippen LogP contribution >= 0.6 is 34.8 Å². The van der Waals surface area contributed by atoms with E-state index in [9.17, 15) is 4.79 Å². The number of aromatic carboxylic acids is 1. The molecule has 148 valence electrons. The number of ether oxygens (including phenoxy) is 1. The average Bonchev–Trinajstić information content (AvgIpc) is 2.68. The monoisotopic (exact) mass is 447 g/mol. The molecule has 0 aliphatic carbocycles. The molecule has 0 amide bonds. The summed E-state index contributed by atoms with van der Waals surface area (Å²) in [5, 5.41) is 10.3. The molecule has 1 N–H and O–H groups in total. The summed E-state index contributed by atoms with van der Waals surface area (Å²) in [6.45, 7) is 2.15. The highest BCUT2D eigenvalue weighted by atomic mass is 35.5. The molecule has 0 saturated carbocycles. The van der Waals surface area contributed by atoms with Gasteiger partial charge in [-0.2, -0.15) is 0 Å². The number of hydrogen-bond donors (Lipinski definition) is 1. The summed E-state index contributed by atoms with van der Waals surface area (Å²) in [5.41, 5.74) is 3.48. The minimum Gasteiger partial charge on any atom is -0.486 e. The van der Waals surface area contributed by atoms with Gasteiger partial charge >= 0.3 is 5.97 Å². The lowest BCUT2D eigenvalue weighted by Gasteiger charge is -2.11. The molecular formula is C22H16Cl3NO3. The van der Waals surface area contributed by atoms with Crippen molar-refractivity contribution >= 4 is 52.7 Å². The van der Waals surface area contributed by atoms with Crippen LogP contribution in [-0.2, 0) is 6.61 Å². The fraction of sp³-hybridized carbons (Fsp3) is 0.0909. The SMILES string of the molecule is Cc1ccc(Cl)cc1N=Cc1cc(Cl)c(OCc2ccc(C(=O)O)cc2)c(Cl)c1. The lowest BCUT2D eigenvalue weighted by molar-refractivity contribution is 0.0697. The Kier molecular flexibility index (Phi) is 6.80. The Balaban J connectivity index is 1.74. The molecule has 4 nitrogen and oxygen atoms in total. The number of carboxylic acid groups (broad SMARTS) is 1. The maximum Gasteiger partial charge on any atom is 0.335 e. The van der Waals surface area contributed by atoms with Crippen molar-refractivity contribution < 1.29 is 14.6 Å². The molecule has 0 fully saturated rings. The van der Waals surface area contributed by atoms with Crippen molar-refractivity contribution in [2.45, 2.75) is 13.5 Å². The highest BCUT2D eigenvalue weighted by Crippen LogP contribution is 2.34. The van der Waals surface area contributed by atoms with Crippen LogP contribution in [0, 0.1) is 6.92 Å². The molecule has 0 aliphatic rings. The molecule has 0 bridgehead atoms. The fourth-order valence-corrected chi connectivity index (χ4v) is 3.34. The second kappa shape index (κ2) is 9.31. The first-order valence-corrected chi connectivity index (χ1v) is 9.71. The van der Waals surface area contributed by atoms with E-state index in [1.54, 1.807) is 36.5 Å². The number of halogens is 3. The van der Waals surface area contributed by atoms with Crippen molar-refractivity contribution in [2.24, 2.45) is 4.99 Å². The van der Waals surface area contributed by atoms with E-state index in [4.69, 9.17) is 44.6 Å². The Morgan fingerprint density at radius 1 is 1.03 bits per heavy atom. The zero-order valence-corrected chi connectivity index (χ0v) is 17.6. The topological polar surface area (TPSA) is 58.9 Å². The Morgan fingerprint density at radius 2 is 1.69 bits per heavy atom. The number of aryl methyl sites for hydroxylation is 1. The number of nitrogens with zero attached hydrogens (tertiary/aromatic N) is 1. The Labute approximate surface area is 183 Å². The number of aliphatic imine (C=N–C) groups is 1. The lowest BCUT2D eigenvalue weighted by atomic mass is 10.1. The minimum absolute atomic E-state index is 0.203. The van der Waals surface area contributed by atoms with Gasteiger partial charge in [-0.3, -0.25) is 4.99 Å². The molecular weight excluding hydrogens is 433 g/mol. The average molecular weight is 449 g/mol. The summed E-state index contributed by atoms with van der Waals surface area (Å²) in [7, 11) is 0.